The van der Waals surface area contributed by atoms with Crippen molar-refractivity contribution in [1.82, 2.24) is 5.32 Å². The maximum Gasteiger partial charge on any atom is 0.319 e. The zero-order valence-electron chi connectivity index (χ0n) is 13.0. The highest BCUT2D eigenvalue weighted by atomic mass is 16.3. The van der Waals surface area contributed by atoms with E-state index in [1.165, 1.54) is 0 Å². The number of nitrogens with one attached hydrogen (secondary N) is 2. The van der Waals surface area contributed by atoms with Crippen LogP contribution >= 0.6 is 0 Å². The van der Waals surface area contributed by atoms with Gasteiger partial charge in [-0.15, -0.1) is 0 Å². The summed E-state index contributed by atoms with van der Waals surface area (Å²) in [5.41, 5.74) is 1.66. The number of aliphatic hydroxyl groups excluding tert-OH is 1. The number of benzene rings is 1. The van der Waals surface area contributed by atoms with Crippen LogP contribution in [0.5, 0.6) is 0 Å². The van der Waals surface area contributed by atoms with Crippen LogP contribution in [0.25, 0.3) is 0 Å². The van der Waals surface area contributed by atoms with Gasteiger partial charge in [-0.05, 0) is 23.0 Å². The van der Waals surface area contributed by atoms with Gasteiger partial charge in [0.05, 0.1) is 6.10 Å². The molecule has 0 aliphatic carbocycles. The standard InChI is InChI=1S/C16H26N2O2/c1-11(2)12-8-6-7-9-13(12)18-15(20)17-10-14(19)16(3,4)5/h6-9,11,14,19H,10H2,1-5H3,(H2,17,18,20). The Kier molecular flexibility index (Phi) is 5.57. The van der Waals surface area contributed by atoms with Crippen LogP contribution in [0.4, 0.5) is 10.5 Å². The molecule has 0 fully saturated rings. The summed E-state index contributed by atoms with van der Waals surface area (Å²) in [4.78, 5) is 11.9. The summed E-state index contributed by atoms with van der Waals surface area (Å²) in [7, 11) is 0. The molecule has 112 valence electrons. The van der Waals surface area contributed by atoms with Crippen molar-refractivity contribution in [2.24, 2.45) is 5.41 Å². The van der Waals surface area contributed by atoms with Gasteiger partial charge in [-0.1, -0.05) is 52.8 Å². The van der Waals surface area contributed by atoms with Gasteiger partial charge in [0.1, 0.15) is 0 Å². The van der Waals surface area contributed by atoms with E-state index >= 15 is 0 Å². The van der Waals surface area contributed by atoms with Gasteiger partial charge in [-0.2, -0.15) is 0 Å². The van der Waals surface area contributed by atoms with Crippen LogP contribution in [-0.4, -0.2) is 23.8 Å². The van der Waals surface area contributed by atoms with Gasteiger partial charge in [0, 0.05) is 12.2 Å². The van der Waals surface area contributed by atoms with Crippen LogP contribution in [0.3, 0.4) is 0 Å². The van der Waals surface area contributed by atoms with Crippen molar-refractivity contribution < 1.29 is 9.90 Å². The molecule has 0 aliphatic rings. The third kappa shape index (κ3) is 4.85. The van der Waals surface area contributed by atoms with E-state index in [0.29, 0.717) is 5.92 Å². The Morgan fingerprint density at radius 1 is 1.25 bits per heavy atom. The minimum Gasteiger partial charge on any atom is -0.391 e. The summed E-state index contributed by atoms with van der Waals surface area (Å²) in [6, 6.07) is 7.45. The van der Waals surface area contributed by atoms with E-state index in [9.17, 15) is 9.90 Å². The first-order chi connectivity index (χ1) is 9.21. The summed E-state index contributed by atoms with van der Waals surface area (Å²) in [6.45, 7) is 10.2. The number of para-hydroxylation sites is 1. The molecule has 3 N–H and O–H groups in total. The largest absolute Gasteiger partial charge is 0.391 e. The SMILES string of the molecule is CC(C)c1ccccc1NC(=O)NCC(O)C(C)(C)C. The number of urea groups is 1. The van der Waals surface area contributed by atoms with Crippen LogP contribution in [-0.2, 0) is 0 Å². The van der Waals surface area contributed by atoms with E-state index in [1.54, 1.807) is 0 Å². The number of anilines is 1. The Morgan fingerprint density at radius 3 is 2.40 bits per heavy atom. The van der Waals surface area contributed by atoms with E-state index in [2.05, 4.69) is 24.5 Å². The van der Waals surface area contributed by atoms with Crippen LogP contribution in [0.2, 0.25) is 0 Å². The molecule has 4 nitrogen and oxygen atoms in total. The predicted octanol–water partition coefficient (Wildman–Crippen LogP) is 3.34. The van der Waals surface area contributed by atoms with E-state index in [4.69, 9.17) is 0 Å². The lowest BCUT2D eigenvalue weighted by molar-refractivity contribution is 0.0654. The first-order valence-corrected chi connectivity index (χ1v) is 7.03. The van der Waals surface area contributed by atoms with Gasteiger partial charge >= 0.3 is 6.03 Å². The molecule has 0 aromatic heterocycles. The van der Waals surface area contributed by atoms with Gasteiger partial charge < -0.3 is 15.7 Å². The Morgan fingerprint density at radius 2 is 1.85 bits per heavy atom. The minimum atomic E-state index is -0.575. The van der Waals surface area contributed by atoms with Crippen molar-refractivity contribution in [3.8, 4) is 0 Å². The monoisotopic (exact) mass is 278 g/mol. The highest BCUT2D eigenvalue weighted by molar-refractivity contribution is 5.90. The summed E-state index contributed by atoms with van der Waals surface area (Å²) in [6.07, 6.45) is -0.575. The number of aliphatic hydroxyl groups is 1. The zero-order valence-corrected chi connectivity index (χ0v) is 13.0. The van der Waals surface area contributed by atoms with Crippen molar-refractivity contribution in [2.75, 3.05) is 11.9 Å². The number of carbonyl (C=O) groups is 1. The van der Waals surface area contributed by atoms with E-state index < -0.39 is 6.10 Å². The van der Waals surface area contributed by atoms with Gasteiger partial charge in [0.25, 0.3) is 0 Å². The van der Waals surface area contributed by atoms with E-state index in [-0.39, 0.29) is 18.0 Å². The minimum absolute atomic E-state index is 0.235. The molecule has 4 heteroatoms. The van der Waals surface area contributed by atoms with Crippen LogP contribution in [0.15, 0.2) is 24.3 Å². The number of carbonyl (C=O) groups excluding carboxylic acids is 1. The highest BCUT2D eigenvalue weighted by Gasteiger charge is 2.22. The third-order valence-corrected chi connectivity index (χ3v) is 3.29. The molecule has 20 heavy (non-hydrogen) atoms. The summed E-state index contributed by atoms with van der Waals surface area (Å²) < 4.78 is 0. The summed E-state index contributed by atoms with van der Waals surface area (Å²) in [5.74, 6) is 0.340. The molecule has 0 bridgehead atoms. The van der Waals surface area contributed by atoms with Crippen molar-refractivity contribution >= 4 is 11.7 Å². The number of hydrogen-bond donors (Lipinski definition) is 3. The molecular weight excluding hydrogens is 252 g/mol. The summed E-state index contributed by atoms with van der Waals surface area (Å²) in [5, 5.41) is 15.4. The normalized spacial score (nSPS) is 13.2. The molecule has 1 atom stereocenters. The number of rotatable bonds is 4. The quantitative estimate of drug-likeness (QED) is 0.791. The van der Waals surface area contributed by atoms with Crippen molar-refractivity contribution in [3.63, 3.8) is 0 Å². The molecule has 0 saturated carbocycles. The smallest absolute Gasteiger partial charge is 0.319 e. The maximum absolute atomic E-state index is 11.9. The average molecular weight is 278 g/mol. The van der Waals surface area contributed by atoms with Crippen LogP contribution < -0.4 is 10.6 Å². The fraction of sp³-hybridized carbons (Fsp3) is 0.562. The summed E-state index contributed by atoms with van der Waals surface area (Å²) >= 11 is 0. The Balaban J connectivity index is 2.60. The second-order valence-electron chi connectivity index (χ2n) is 6.46. The fourth-order valence-electron chi connectivity index (χ4n) is 1.78. The lowest BCUT2D eigenvalue weighted by atomic mass is 9.89. The van der Waals surface area contributed by atoms with Crippen molar-refractivity contribution in [1.29, 1.82) is 0 Å². The molecule has 0 heterocycles. The zero-order chi connectivity index (χ0) is 15.3. The van der Waals surface area contributed by atoms with Crippen molar-refractivity contribution in [3.05, 3.63) is 29.8 Å². The lowest BCUT2D eigenvalue weighted by Gasteiger charge is -2.26. The maximum atomic E-state index is 11.9. The van der Waals surface area contributed by atoms with Crippen LogP contribution in [0.1, 0.15) is 46.1 Å². The molecular formula is C16H26N2O2. The predicted molar refractivity (Wildman–Crippen MR) is 83.0 cm³/mol. The lowest BCUT2D eigenvalue weighted by Crippen LogP contribution is -2.41. The Bertz CT molecular complexity index is 450. The molecule has 1 aromatic rings. The molecule has 0 aliphatic heterocycles. The molecule has 0 radical (unpaired) electrons. The van der Waals surface area contributed by atoms with E-state index in [0.717, 1.165) is 11.3 Å². The highest BCUT2D eigenvalue weighted by Crippen LogP contribution is 2.23. The molecule has 1 rings (SSSR count). The fourth-order valence-corrected chi connectivity index (χ4v) is 1.78. The molecule has 2 amide bonds. The van der Waals surface area contributed by atoms with Crippen molar-refractivity contribution in [2.45, 2.75) is 46.6 Å². The third-order valence-electron chi connectivity index (χ3n) is 3.29. The molecule has 1 aromatic carbocycles. The first-order valence-electron chi connectivity index (χ1n) is 7.03. The van der Waals surface area contributed by atoms with Gasteiger partial charge in [0.2, 0.25) is 0 Å². The Labute approximate surface area is 121 Å². The molecule has 0 saturated heterocycles. The molecule has 1 unspecified atom stereocenters. The first kappa shape index (κ1) is 16.5. The topological polar surface area (TPSA) is 61.4 Å². The van der Waals surface area contributed by atoms with Gasteiger partial charge in [-0.25, -0.2) is 4.79 Å². The molecule has 0 spiro atoms. The number of hydrogen-bond acceptors (Lipinski definition) is 2. The van der Waals surface area contributed by atoms with Crippen LogP contribution in [0, 0.1) is 5.41 Å². The average Bonchev–Trinajstić information content (AvgIpc) is 2.35. The Hall–Kier alpha value is -1.55. The number of amides is 2. The van der Waals surface area contributed by atoms with Gasteiger partial charge in [0.15, 0.2) is 0 Å². The second-order valence-corrected chi connectivity index (χ2v) is 6.46. The van der Waals surface area contributed by atoms with Gasteiger partial charge in [-0.3, -0.25) is 0 Å². The second kappa shape index (κ2) is 6.75. The van der Waals surface area contributed by atoms with E-state index in [1.807, 2.05) is 45.0 Å².